The number of carbonyl (C=O) groups is 1. The molecule has 1 unspecified atom stereocenters. The second kappa shape index (κ2) is 4.12. The summed E-state index contributed by atoms with van der Waals surface area (Å²) >= 11 is 0. The van der Waals surface area contributed by atoms with Crippen LogP contribution in [0.2, 0.25) is 0 Å². The van der Waals surface area contributed by atoms with Crippen molar-refractivity contribution in [2.45, 2.75) is 51.5 Å². The van der Waals surface area contributed by atoms with Crippen LogP contribution < -0.4 is 0 Å². The van der Waals surface area contributed by atoms with E-state index in [4.69, 9.17) is 5.11 Å². The maximum absolute atomic E-state index is 11.0. The molecule has 0 aromatic rings. The molecule has 1 atom stereocenters. The Morgan fingerprint density at radius 1 is 1.27 bits per heavy atom. The topological polar surface area (TPSA) is 40.5 Å². The van der Waals surface area contributed by atoms with Crippen LogP contribution in [0.15, 0.2) is 0 Å². The molecule has 0 aromatic heterocycles. The Labute approximate surface area is 92.5 Å². The molecule has 0 saturated heterocycles. The molecule has 1 N–H and O–H groups in total. The van der Waals surface area contributed by atoms with Crippen LogP contribution in [0.3, 0.4) is 0 Å². The highest BCUT2D eigenvalue weighted by molar-refractivity contribution is 5.68. The zero-order valence-corrected chi connectivity index (χ0v) is 10.3. The number of carboxylic acids is 1. The molecule has 1 saturated carbocycles. The monoisotopic (exact) mass is 213 g/mol. The third-order valence-electron chi connectivity index (χ3n) is 4.20. The van der Waals surface area contributed by atoms with Gasteiger partial charge in [-0.05, 0) is 32.4 Å². The number of carboxylic acid groups (broad SMARTS) is 1. The van der Waals surface area contributed by atoms with E-state index < -0.39 is 5.97 Å². The van der Waals surface area contributed by atoms with Crippen molar-refractivity contribution in [1.29, 1.82) is 0 Å². The average molecular weight is 213 g/mol. The molecule has 1 aliphatic carbocycles. The van der Waals surface area contributed by atoms with Crippen molar-refractivity contribution in [2.24, 2.45) is 5.41 Å². The average Bonchev–Trinajstić information content (AvgIpc) is 2.07. The van der Waals surface area contributed by atoms with E-state index in [-0.39, 0.29) is 17.4 Å². The van der Waals surface area contributed by atoms with Gasteiger partial charge in [-0.15, -0.1) is 0 Å². The van der Waals surface area contributed by atoms with Gasteiger partial charge in [-0.1, -0.05) is 26.7 Å². The van der Waals surface area contributed by atoms with E-state index >= 15 is 0 Å². The Morgan fingerprint density at radius 3 is 2.20 bits per heavy atom. The zero-order chi connectivity index (χ0) is 11.7. The summed E-state index contributed by atoms with van der Waals surface area (Å²) in [5, 5.41) is 9.09. The lowest BCUT2D eigenvalue weighted by Crippen LogP contribution is -2.58. The first-order valence-corrected chi connectivity index (χ1v) is 5.71. The van der Waals surface area contributed by atoms with Gasteiger partial charge in [0, 0.05) is 5.54 Å². The van der Waals surface area contributed by atoms with Gasteiger partial charge in [-0.25, -0.2) is 0 Å². The molecular weight excluding hydrogens is 190 g/mol. The summed E-state index contributed by atoms with van der Waals surface area (Å²) in [6.07, 6.45) is 4.75. The van der Waals surface area contributed by atoms with Crippen molar-refractivity contribution in [3.8, 4) is 0 Å². The lowest BCUT2D eigenvalue weighted by Gasteiger charge is -2.53. The minimum Gasteiger partial charge on any atom is -0.481 e. The van der Waals surface area contributed by atoms with Crippen molar-refractivity contribution in [2.75, 3.05) is 14.1 Å². The highest BCUT2D eigenvalue weighted by Crippen LogP contribution is 2.48. The van der Waals surface area contributed by atoms with Gasteiger partial charge in [-0.3, -0.25) is 4.79 Å². The Kier molecular flexibility index (Phi) is 3.44. The molecule has 0 radical (unpaired) electrons. The van der Waals surface area contributed by atoms with Crippen molar-refractivity contribution < 1.29 is 9.90 Å². The van der Waals surface area contributed by atoms with Crippen molar-refractivity contribution in [3.05, 3.63) is 0 Å². The summed E-state index contributed by atoms with van der Waals surface area (Å²) in [6, 6.07) is 0. The first kappa shape index (κ1) is 12.5. The fourth-order valence-corrected chi connectivity index (χ4v) is 3.12. The molecule has 1 rings (SSSR count). The van der Waals surface area contributed by atoms with E-state index in [9.17, 15) is 4.79 Å². The van der Waals surface area contributed by atoms with E-state index in [1.807, 2.05) is 14.1 Å². The highest BCUT2D eigenvalue weighted by Gasteiger charge is 2.49. The van der Waals surface area contributed by atoms with Crippen molar-refractivity contribution in [1.82, 2.24) is 4.90 Å². The minimum absolute atomic E-state index is 0.0904. The van der Waals surface area contributed by atoms with Crippen LogP contribution >= 0.6 is 0 Å². The lowest BCUT2D eigenvalue weighted by molar-refractivity contribution is -0.144. The fraction of sp³-hybridized carbons (Fsp3) is 0.917. The zero-order valence-electron chi connectivity index (χ0n) is 10.3. The second-order valence-electron chi connectivity index (χ2n) is 5.59. The van der Waals surface area contributed by atoms with Crippen LogP contribution in [0.4, 0.5) is 0 Å². The maximum atomic E-state index is 11.0. The van der Waals surface area contributed by atoms with Gasteiger partial charge in [0.15, 0.2) is 0 Å². The summed E-state index contributed by atoms with van der Waals surface area (Å²) in [5.74, 6) is -0.682. The van der Waals surface area contributed by atoms with Gasteiger partial charge in [-0.2, -0.15) is 0 Å². The summed E-state index contributed by atoms with van der Waals surface area (Å²) < 4.78 is 0. The Morgan fingerprint density at radius 2 is 1.80 bits per heavy atom. The van der Waals surface area contributed by atoms with Gasteiger partial charge in [0.1, 0.15) is 0 Å². The Balaban J connectivity index is 3.01. The molecule has 88 valence electrons. The van der Waals surface area contributed by atoms with Gasteiger partial charge in [0.05, 0.1) is 6.42 Å². The SMILES string of the molecule is CN(C)C1(CC(=O)O)CCCCC1(C)C. The molecule has 0 aromatic carbocycles. The van der Waals surface area contributed by atoms with Crippen molar-refractivity contribution in [3.63, 3.8) is 0 Å². The number of rotatable bonds is 3. The number of hydrogen-bond acceptors (Lipinski definition) is 2. The van der Waals surface area contributed by atoms with E-state index in [0.717, 1.165) is 19.3 Å². The van der Waals surface area contributed by atoms with Crippen LogP contribution in [-0.2, 0) is 4.79 Å². The Bertz CT molecular complexity index is 248. The lowest BCUT2D eigenvalue weighted by atomic mass is 9.61. The Hall–Kier alpha value is -0.570. The predicted octanol–water partition coefficient (Wildman–Crippen LogP) is 2.36. The first-order chi connectivity index (χ1) is 6.82. The van der Waals surface area contributed by atoms with Gasteiger partial charge < -0.3 is 10.0 Å². The van der Waals surface area contributed by atoms with Crippen LogP contribution in [0.25, 0.3) is 0 Å². The third kappa shape index (κ3) is 2.17. The molecule has 0 heterocycles. The molecule has 0 amide bonds. The maximum Gasteiger partial charge on any atom is 0.305 e. The van der Waals surface area contributed by atoms with Gasteiger partial charge in [0.25, 0.3) is 0 Å². The minimum atomic E-state index is -0.682. The number of hydrogen-bond donors (Lipinski definition) is 1. The second-order valence-corrected chi connectivity index (χ2v) is 5.59. The summed E-state index contributed by atoms with van der Waals surface area (Å²) in [5.41, 5.74) is -0.0791. The molecule has 1 fully saturated rings. The van der Waals surface area contributed by atoms with E-state index in [1.54, 1.807) is 0 Å². The molecule has 3 nitrogen and oxygen atoms in total. The largest absolute Gasteiger partial charge is 0.481 e. The number of aliphatic carboxylic acids is 1. The summed E-state index contributed by atoms with van der Waals surface area (Å²) in [7, 11) is 4.02. The quantitative estimate of drug-likeness (QED) is 0.782. The molecule has 0 spiro atoms. The van der Waals surface area contributed by atoms with E-state index in [1.165, 1.54) is 6.42 Å². The predicted molar refractivity (Wildman–Crippen MR) is 60.9 cm³/mol. The molecule has 3 heteroatoms. The third-order valence-corrected chi connectivity index (χ3v) is 4.20. The summed E-state index contributed by atoms with van der Waals surface area (Å²) in [4.78, 5) is 13.2. The van der Waals surface area contributed by atoms with Crippen LogP contribution in [0.5, 0.6) is 0 Å². The van der Waals surface area contributed by atoms with Gasteiger partial charge in [0.2, 0.25) is 0 Å². The smallest absolute Gasteiger partial charge is 0.305 e. The van der Waals surface area contributed by atoms with E-state index in [0.29, 0.717) is 0 Å². The summed E-state index contributed by atoms with van der Waals surface area (Å²) in [6.45, 7) is 4.41. The fourth-order valence-electron chi connectivity index (χ4n) is 3.12. The highest BCUT2D eigenvalue weighted by atomic mass is 16.4. The van der Waals surface area contributed by atoms with Crippen LogP contribution in [0, 0.1) is 5.41 Å². The van der Waals surface area contributed by atoms with Gasteiger partial charge >= 0.3 is 5.97 Å². The van der Waals surface area contributed by atoms with Crippen LogP contribution in [-0.4, -0.2) is 35.6 Å². The molecular formula is C12H23NO2. The number of nitrogens with zero attached hydrogens (tertiary/aromatic N) is 1. The van der Waals surface area contributed by atoms with Crippen molar-refractivity contribution >= 4 is 5.97 Å². The molecule has 15 heavy (non-hydrogen) atoms. The van der Waals surface area contributed by atoms with E-state index in [2.05, 4.69) is 18.7 Å². The first-order valence-electron chi connectivity index (χ1n) is 5.71. The molecule has 0 aliphatic heterocycles. The molecule has 1 aliphatic rings. The molecule has 0 bridgehead atoms. The van der Waals surface area contributed by atoms with Crippen LogP contribution in [0.1, 0.15) is 46.0 Å². The standard InChI is InChI=1S/C12H23NO2/c1-11(2)7-5-6-8-12(11,13(3)4)9-10(14)15/h5-9H2,1-4H3,(H,14,15). The normalized spacial score (nSPS) is 30.5.